The molecule has 0 radical (unpaired) electrons. The Hall–Kier alpha value is -0.790. The maximum absolute atomic E-state index is 4.54. The van der Waals surface area contributed by atoms with E-state index in [0.717, 1.165) is 6.42 Å². The number of nitrogens with zero attached hydrogens (tertiary/aromatic N) is 2. The molecule has 2 heteroatoms. The van der Waals surface area contributed by atoms with Crippen LogP contribution in [0.2, 0.25) is 0 Å². The van der Waals surface area contributed by atoms with E-state index in [1.54, 1.807) is 5.56 Å². The molecule has 66 valence electrons. The van der Waals surface area contributed by atoms with E-state index in [1.807, 2.05) is 0 Å². The molecule has 1 aliphatic carbocycles. The highest BCUT2D eigenvalue weighted by molar-refractivity contribution is 5.30. The van der Waals surface area contributed by atoms with Gasteiger partial charge in [-0.1, -0.05) is 13.3 Å². The maximum Gasteiger partial charge on any atom is 0.0659 e. The monoisotopic (exact) mass is 164 g/mol. The van der Waals surface area contributed by atoms with Gasteiger partial charge in [0, 0.05) is 12.7 Å². The van der Waals surface area contributed by atoms with Crippen LogP contribution < -0.4 is 0 Å². The Morgan fingerprint density at radius 2 is 2.25 bits per heavy atom. The second-order valence-electron chi connectivity index (χ2n) is 3.60. The van der Waals surface area contributed by atoms with Crippen molar-refractivity contribution < 1.29 is 0 Å². The first kappa shape index (κ1) is 7.84. The second kappa shape index (κ2) is 2.92. The van der Waals surface area contributed by atoms with E-state index < -0.39 is 0 Å². The summed E-state index contributed by atoms with van der Waals surface area (Å²) in [6, 6.07) is 0. The summed E-state index contributed by atoms with van der Waals surface area (Å²) in [6.07, 6.45) is 6.20. The number of hydrogen-bond acceptors (Lipinski definition) is 1. The van der Waals surface area contributed by atoms with Gasteiger partial charge in [0.25, 0.3) is 0 Å². The maximum atomic E-state index is 4.54. The van der Waals surface area contributed by atoms with Crippen LogP contribution in [0.4, 0.5) is 0 Å². The Morgan fingerprint density at radius 3 is 3.00 bits per heavy atom. The Kier molecular flexibility index (Phi) is 1.91. The lowest BCUT2D eigenvalue weighted by molar-refractivity contribution is 0.683. The van der Waals surface area contributed by atoms with E-state index in [1.165, 1.54) is 37.1 Å². The number of hydrogen-bond donors (Lipinski definition) is 0. The van der Waals surface area contributed by atoms with Crippen LogP contribution in [0.1, 0.15) is 36.7 Å². The normalized spacial score (nSPS) is 15.2. The van der Waals surface area contributed by atoms with Crippen molar-refractivity contribution in [3.63, 3.8) is 0 Å². The average molecular weight is 164 g/mol. The predicted molar refractivity (Wildman–Crippen MR) is 49.2 cm³/mol. The fraction of sp³-hybridized carbons (Fsp3) is 0.700. The first-order valence-corrected chi connectivity index (χ1v) is 4.86. The molecule has 0 saturated carbocycles. The SMILES string of the molecule is CCCc1nn(C)c2c1CCC2. The zero-order valence-electron chi connectivity index (χ0n) is 7.93. The Labute approximate surface area is 73.6 Å². The lowest BCUT2D eigenvalue weighted by Gasteiger charge is -1.94. The molecule has 1 heterocycles. The zero-order chi connectivity index (χ0) is 8.55. The first-order chi connectivity index (χ1) is 5.83. The molecule has 1 aliphatic rings. The van der Waals surface area contributed by atoms with Crippen molar-refractivity contribution in [2.75, 3.05) is 0 Å². The van der Waals surface area contributed by atoms with Gasteiger partial charge in [0.05, 0.1) is 5.69 Å². The lowest BCUT2D eigenvalue weighted by Crippen LogP contribution is -1.96. The molecule has 0 aliphatic heterocycles. The van der Waals surface area contributed by atoms with Crippen LogP contribution in [0.3, 0.4) is 0 Å². The third-order valence-corrected chi connectivity index (χ3v) is 2.69. The summed E-state index contributed by atoms with van der Waals surface area (Å²) < 4.78 is 2.08. The molecule has 12 heavy (non-hydrogen) atoms. The highest BCUT2D eigenvalue weighted by Gasteiger charge is 2.19. The van der Waals surface area contributed by atoms with Gasteiger partial charge in [0.15, 0.2) is 0 Å². The highest BCUT2D eigenvalue weighted by Crippen LogP contribution is 2.25. The summed E-state index contributed by atoms with van der Waals surface area (Å²) in [5.74, 6) is 0. The van der Waals surface area contributed by atoms with Gasteiger partial charge >= 0.3 is 0 Å². The molecular weight excluding hydrogens is 148 g/mol. The van der Waals surface area contributed by atoms with Gasteiger partial charge in [-0.25, -0.2) is 0 Å². The molecule has 0 N–H and O–H groups in total. The van der Waals surface area contributed by atoms with Crippen molar-refractivity contribution in [3.05, 3.63) is 17.0 Å². The van der Waals surface area contributed by atoms with Gasteiger partial charge in [0.1, 0.15) is 0 Å². The number of aromatic nitrogens is 2. The summed E-state index contributed by atoms with van der Waals surface area (Å²) in [5, 5.41) is 4.54. The summed E-state index contributed by atoms with van der Waals surface area (Å²) in [6.45, 7) is 2.22. The molecule has 2 nitrogen and oxygen atoms in total. The predicted octanol–water partition coefficient (Wildman–Crippen LogP) is 1.86. The molecule has 0 fully saturated rings. The molecule has 1 aromatic rings. The molecule has 2 rings (SSSR count). The molecule has 0 unspecified atom stereocenters. The molecule has 0 aromatic carbocycles. The van der Waals surface area contributed by atoms with E-state index in [9.17, 15) is 0 Å². The Balaban J connectivity index is 2.37. The van der Waals surface area contributed by atoms with E-state index >= 15 is 0 Å². The van der Waals surface area contributed by atoms with E-state index in [2.05, 4.69) is 23.8 Å². The zero-order valence-corrected chi connectivity index (χ0v) is 7.93. The fourth-order valence-corrected chi connectivity index (χ4v) is 2.14. The van der Waals surface area contributed by atoms with Crippen LogP contribution in [0.25, 0.3) is 0 Å². The second-order valence-corrected chi connectivity index (χ2v) is 3.60. The largest absolute Gasteiger partial charge is 0.272 e. The van der Waals surface area contributed by atoms with Crippen molar-refractivity contribution in [2.24, 2.45) is 7.05 Å². The minimum atomic E-state index is 1.16. The van der Waals surface area contributed by atoms with Crippen LogP contribution in [0, 0.1) is 0 Å². The molecule has 0 spiro atoms. The van der Waals surface area contributed by atoms with Crippen molar-refractivity contribution in [2.45, 2.75) is 39.0 Å². The third-order valence-electron chi connectivity index (χ3n) is 2.69. The topological polar surface area (TPSA) is 17.8 Å². The Bertz CT molecular complexity index is 286. The molecule has 0 bridgehead atoms. The average Bonchev–Trinajstić information content (AvgIpc) is 2.58. The molecule has 1 aromatic heterocycles. The molecule has 0 saturated heterocycles. The van der Waals surface area contributed by atoms with E-state index in [-0.39, 0.29) is 0 Å². The minimum absolute atomic E-state index is 1.16. The van der Waals surface area contributed by atoms with Crippen LogP contribution in [-0.4, -0.2) is 9.78 Å². The van der Waals surface area contributed by atoms with Crippen LogP contribution in [-0.2, 0) is 26.3 Å². The summed E-state index contributed by atoms with van der Waals surface area (Å²) >= 11 is 0. The minimum Gasteiger partial charge on any atom is -0.272 e. The van der Waals surface area contributed by atoms with Crippen LogP contribution in [0.15, 0.2) is 0 Å². The van der Waals surface area contributed by atoms with Crippen molar-refractivity contribution in [1.29, 1.82) is 0 Å². The van der Waals surface area contributed by atoms with Gasteiger partial charge in [-0.2, -0.15) is 5.10 Å². The smallest absolute Gasteiger partial charge is 0.0659 e. The standard InChI is InChI=1S/C10H16N2/c1-3-5-9-8-6-4-7-10(8)12(2)11-9/h3-7H2,1-2H3. The van der Waals surface area contributed by atoms with E-state index in [4.69, 9.17) is 0 Å². The van der Waals surface area contributed by atoms with Gasteiger partial charge in [-0.15, -0.1) is 0 Å². The third kappa shape index (κ3) is 1.06. The number of rotatable bonds is 2. The number of fused-ring (bicyclic) bond motifs is 1. The van der Waals surface area contributed by atoms with Crippen LogP contribution >= 0.6 is 0 Å². The summed E-state index contributed by atoms with van der Waals surface area (Å²) in [5.41, 5.74) is 4.39. The van der Waals surface area contributed by atoms with Crippen molar-refractivity contribution in [3.8, 4) is 0 Å². The van der Waals surface area contributed by atoms with Crippen molar-refractivity contribution >= 4 is 0 Å². The molecule has 0 amide bonds. The van der Waals surface area contributed by atoms with Gasteiger partial charge in [0.2, 0.25) is 0 Å². The van der Waals surface area contributed by atoms with Gasteiger partial charge in [-0.05, 0) is 31.2 Å². The summed E-state index contributed by atoms with van der Waals surface area (Å²) in [7, 11) is 2.07. The number of aryl methyl sites for hydroxylation is 2. The molecule has 0 atom stereocenters. The molecular formula is C10H16N2. The van der Waals surface area contributed by atoms with Crippen LogP contribution in [0.5, 0.6) is 0 Å². The van der Waals surface area contributed by atoms with Crippen molar-refractivity contribution in [1.82, 2.24) is 9.78 Å². The lowest BCUT2D eigenvalue weighted by atomic mass is 10.1. The van der Waals surface area contributed by atoms with E-state index in [0.29, 0.717) is 0 Å². The van der Waals surface area contributed by atoms with Gasteiger partial charge < -0.3 is 0 Å². The highest BCUT2D eigenvalue weighted by atomic mass is 15.3. The fourth-order valence-electron chi connectivity index (χ4n) is 2.14. The Morgan fingerprint density at radius 1 is 1.42 bits per heavy atom. The first-order valence-electron chi connectivity index (χ1n) is 4.86. The summed E-state index contributed by atoms with van der Waals surface area (Å²) in [4.78, 5) is 0. The quantitative estimate of drug-likeness (QED) is 0.652. The van der Waals surface area contributed by atoms with Gasteiger partial charge in [-0.3, -0.25) is 4.68 Å².